The van der Waals surface area contributed by atoms with Crippen molar-refractivity contribution in [2.45, 2.75) is 51.6 Å². The molecular formula is C22H29BN4O5S. The van der Waals surface area contributed by atoms with E-state index in [-0.39, 0.29) is 31.2 Å². The van der Waals surface area contributed by atoms with Gasteiger partial charge >= 0.3 is 7.12 Å². The van der Waals surface area contributed by atoms with E-state index in [0.717, 1.165) is 10.6 Å². The standard InChI is InChI=1S/C22H29BN4O5S/c1-14(2)9-19(23(30)31)26-21(29)22(10-16-7-5-4-6-8-16)11-17(27-32-22)12-24-20(28)18-13-33-15(3)25-18/h4-8,13-14,19,30-31H,9-12H2,1-3H3,(H,24,28)(H,26,29)/t19-,22?/m0/s1. The van der Waals surface area contributed by atoms with Gasteiger partial charge in [0.1, 0.15) is 5.69 Å². The molecule has 9 nitrogen and oxygen atoms in total. The smallest absolute Gasteiger partial charge is 0.426 e. The highest BCUT2D eigenvalue weighted by atomic mass is 32.1. The minimum atomic E-state index is -1.70. The quantitative estimate of drug-likeness (QED) is 0.387. The molecule has 1 aliphatic heterocycles. The van der Waals surface area contributed by atoms with Crippen molar-refractivity contribution in [1.29, 1.82) is 0 Å². The van der Waals surface area contributed by atoms with Crippen LogP contribution in [0, 0.1) is 12.8 Å². The molecule has 11 heteroatoms. The Morgan fingerprint density at radius 1 is 1.27 bits per heavy atom. The van der Waals surface area contributed by atoms with Crippen molar-refractivity contribution in [3.05, 3.63) is 52.0 Å². The molecule has 0 radical (unpaired) electrons. The summed E-state index contributed by atoms with van der Waals surface area (Å²) in [7, 11) is -1.70. The van der Waals surface area contributed by atoms with Crippen molar-refractivity contribution in [3.63, 3.8) is 0 Å². The molecule has 0 fully saturated rings. The number of benzene rings is 1. The summed E-state index contributed by atoms with van der Waals surface area (Å²) in [4.78, 5) is 35.5. The number of oxime groups is 1. The summed E-state index contributed by atoms with van der Waals surface area (Å²) >= 11 is 1.39. The molecule has 2 aromatic rings. The van der Waals surface area contributed by atoms with Crippen LogP contribution in [0.2, 0.25) is 0 Å². The van der Waals surface area contributed by atoms with Gasteiger partial charge in [0.2, 0.25) is 5.60 Å². The van der Waals surface area contributed by atoms with E-state index in [1.165, 1.54) is 11.3 Å². The van der Waals surface area contributed by atoms with Gasteiger partial charge in [0, 0.05) is 18.2 Å². The molecule has 1 aromatic heterocycles. The predicted octanol–water partition coefficient (Wildman–Crippen LogP) is 1.48. The van der Waals surface area contributed by atoms with Crippen LogP contribution in [0.25, 0.3) is 0 Å². The molecular weight excluding hydrogens is 443 g/mol. The van der Waals surface area contributed by atoms with Gasteiger partial charge in [-0.2, -0.15) is 0 Å². The highest BCUT2D eigenvalue weighted by Gasteiger charge is 2.48. The second kappa shape index (κ2) is 10.9. The Morgan fingerprint density at radius 2 is 2.00 bits per heavy atom. The molecule has 0 saturated carbocycles. The van der Waals surface area contributed by atoms with E-state index >= 15 is 0 Å². The van der Waals surface area contributed by atoms with E-state index in [1.54, 1.807) is 5.38 Å². The second-order valence-corrected chi connectivity index (χ2v) is 9.70. The van der Waals surface area contributed by atoms with Crippen molar-refractivity contribution in [2.75, 3.05) is 6.54 Å². The van der Waals surface area contributed by atoms with Gasteiger partial charge in [-0.25, -0.2) is 4.98 Å². The summed E-state index contributed by atoms with van der Waals surface area (Å²) in [6, 6.07) is 9.38. The minimum Gasteiger partial charge on any atom is -0.426 e. The van der Waals surface area contributed by atoms with Gasteiger partial charge in [-0.1, -0.05) is 49.3 Å². The first-order valence-electron chi connectivity index (χ1n) is 10.8. The molecule has 3 rings (SSSR count). The van der Waals surface area contributed by atoms with Crippen molar-refractivity contribution in [1.82, 2.24) is 15.6 Å². The van der Waals surface area contributed by atoms with E-state index in [4.69, 9.17) is 4.84 Å². The molecule has 1 unspecified atom stereocenters. The molecule has 0 bridgehead atoms. The van der Waals surface area contributed by atoms with E-state index in [0.29, 0.717) is 17.8 Å². The number of nitrogens with zero attached hydrogens (tertiary/aromatic N) is 2. The first kappa shape index (κ1) is 24.9. The lowest BCUT2D eigenvalue weighted by Gasteiger charge is -2.29. The Balaban J connectivity index is 1.72. The SMILES string of the molecule is Cc1nc(C(=O)NCC2=NOC(Cc3ccccc3)(C(=O)N[C@@H](CC(C)C)B(O)O)C2)cs1. The normalized spacial score (nSPS) is 18.4. The predicted molar refractivity (Wildman–Crippen MR) is 127 cm³/mol. The van der Waals surface area contributed by atoms with E-state index in [9.17, 15) is 19.6 Å². The summed E-state index contributed by atoms with van der Waals surface area (Å²) in [5, 5.41) is 31.6. The number of thiazole rings is 1. The molecule has 0 spiro atoms. The van der Waals surface area contributed by atoms with Gasteiger partial charge in [0.05, 0.1) is 23.2 Å². The first-order valence-corrected chi connectivity index (χ1v) is 11.7. The Hall–Kier alpha value is -2.76. The van der Waals surface area contributed by atoms with Crippen LogP contribution in [0.15, 0.2) is 40.9 Å². The van der Waals surface area contributed by atoms with Gasteiger partial charge in [-0.15, -0.1) is 11.3 Å². The Kier molecular flexibility index (Phi) is 8.22. The minimum absolute atomic E-state index is 0.108. The molecule has 2 heterocycles. The molecule has 4 N–H and O–H groups in total. The van der Waals surface area contributed by atoms with Crippen LogP contribution in [0.1, 0.15) is 47.7 Å². The summed E-state index contributed by atoms with van der Waals surface area (Å²) in [5.41, 5.74) is 0.351. The monoisotopic (exact) mass is 472 g/mol. The number of aryl methyl sites for hydroxylation is 1. The van der Waals surface area contributed by atoms with Crippen LogP contribution >= 0.6 is 11.3 Å². The van der Waals surface area contributed by atoms with Crippen LogP contribution in [0.4, 0.5) is 0 Å². The molecule has 2 amide bonds. The van der Waals surface area contributed by atoms with Crippen LogP contribution in [0.3, 0.4) is 0 Å². The van der Waals surface area contributed by atoms with Gasteiger partial charge in [-0.3, -0.25) is 9.59 Å². The molecule has 0 saturated heterocycles. The van der Waals surface area contributed by atoms with Crippen LogP contribution in [-0.4, -0.2) is 57.8 Å². The first-order chi connectivity index (χ1) is 15.7. The Bertz CT molecular complexity index is 998. The fraction of sp³-hybridized carbons (Fsp3) is 0.455. The van der Waals surface area contributed by atoms with E-state index < -0.39 is 24.6 Å². The third-order valence-electron chi connectivity index (χ3n) is 5.29. The largest absolute Gasteiger partial charge is 0.475 e. The van der Waals surface area contributed by atoms with E-state index in [1.807, 2.05) is 51.1 Å². The number of nitrogens with one attached hydrogen (secondary N) is 2. The Morgan fingerprint density at radius 3 is 2.61 bits per heavy atom. The molecule has 33 heavy (non-hydrogen) atoms. The lowest BCUT2D eigenvalue weighted by molar-refractivity contribution is -0.144. The van der Waals surface area contributed by atoms with Gasteiger partial charge in [-0.05, 0) is 24.8 Å². The second-order valence-electron chi connectivity index (χ2n) is 8.64. The molecule has 176 valence electrons. The number of hydrogen-bond acceptors (Lipinski definition) is 8. The maximum Gasteiger partial charge on any atom is 0.475 e. The average Bonchev–Trinajstić information content (AvgIpc) is 3.39. The van der Waals surface area contributed by atoms with Crippen LogP contribution in [-0.2, 0) is 16.1 Å². The molecule has 1 aromatic carbocycles. The third-order valence-corrected chi connectivity index (χ3v) is 6.07. The zero-order valence-corrected chi connectivity index (χ0v) is 19.8. The van der Waals surface area contributed by atoms with Crippen LogP contribution < -0.4 is 10.6 Å². The average molecular weight is 472 g/mol. The molecule has 1 aliphatic rings. The summed E-state index contributed by atoms with van der Waals surface area (Å²) in [5.74, 6) is -1.51. The summed E-state index contributed by atoms with van der Waals surface area (Å²) in [6.45, 7) is 5.79. The zero-order chi connectivity index (χ0) is 24.0. The number of aromatic nitrogens is 1. The number of carbonyl (C=O) groups is 2. The fourth-order valence-corrected chi connectivity index (χ4v) is 4.26. The zero-order valence-electron chi connectivity index (χ0n) is 18.9. The van der Waals surface area contributed by atoms with Crippen molar-refractivity contribution in [2.24, 2.45) is 11.1 Å². The number of hydrogen-bond donors (Lipinski definition) is 4. The van der Waals surface area contributed by atoms with E-state index in [2.05, 4.69) is 20.8 Å². The maximum absolute atomic E-state index is 13.3. The Labute approximate surface area is 197 Å². The number of carbonyl (C=O) groups excluding carboxylic acids is 2. The number of rotatable bonds is 10. The summed E-state index contributed by atoms with van der Waals surface area (Å²) in [6.07, 6.45) is 0.781. The lowest BCUT2D eigenvalue weighted by atomic mass is 9.74. The van der Waals surface area contributed by atoms with Crippen molar-refractivity contribution >= 4 is 36.0 Å². The maximum atomic E-state index is 13.3. The topological polar surface area (TPSA) is 133 Å². The van der Waals surface area contributed by atoms with Crippen molar-refractivity contribution < 1.29 is 24.5 Å². The van der Waals surface area contributed by atoms with Crippen molar-refractivity contribution in [3.8, 4) is 0 Å². The summed E-state index contributed by atoms with van der Waals surface area (Å²) < 4.78 is 0. The van der Waals surface area contributed by atoms with Gasteiger partial charge < -0.3 is 25.5 Å². The molecule has 0 aliphatic carbocycles. The van der Waals surface area contributed by atoms with Crippen LogP contribution in [0.5, 0.6) is 0 Å². The van der Waals surface area contributed by atoms with Gasteiger partial charge in [0.15, 0.2) is 0 Å². The molecule has 2 atom stereocenters. The third kappa shape index (κ3) is 6.62. The highest BCUT2D eigenvalue weighted by Crippen LogP contribution is 2.29. The number of amides is 2. The lowest BCUT2D eigenvalue weighted by Crippen LogP contribution is -2.56. The fourth-order valence-electron chi connectivity index (χ4n) is 3.67. The van der Waals surface area contributed by atoms with Gasteiger partial charge in [0.25, 0.3) is 11.8 Å². The highest BCUT2D eigenvalue weighted by molar-refractivity contribution is 7.09.